The molecule has 0 bridgehead atoms. The van der Waals surface area contributed by atoms with Crippen molar-refractivity contribution in [3.63, 3.8) is 0 Å². The molecule has 0 saturated carbocycles. The van der Waals surface area contributed by atoms with Crippen LogP contribution in [0.3, 0.4) is 0 Å². The Labute approximate surface area is 126 Å². The van der Waals surface area contributed by atoms with Crippen molar-refractivity contribution in [1.82, 2.24) is 0 Å². The zero-order valence-corrected chi connectivity index (χ0v) is 15.2. The van der Waals surface area contributed by atoms with Crippen molar-refractivity contribution in [2.75, 3.05) is 13.2 Å². The van der Waals surface area contributed by atoms with E-state index in [9.17, 15) is 0 Å². The lowest BCUT2D eigenvalue weighted by Gasteiger charge is -2.39. The molecule has 0 radical (unpaired) electrons. The summed E-state index contributed by atoms with van der Waals surface area (Å²) < 4.78 is 11.5. The van der Waals surface area contributed by atoms with Crippen LogP contribution in [0.5, 0.6) is 0 Å². The predicted octanol–water partition coefficient (Wildman–Crippen LogP) is 4.73. The minimum atomic E-state index is -1.43. The van der Waals surface area contributed by atoms with Gasteiger partial charge >= 0.3 is 0 Å². The molecule has 0 spiro atoms. The molecule has 1 aliphatic rings. The fourth-order valence-electron chi connectivity index (χ4n) is 2.67. The lowest BCUT2D eigenvalue weighted by Crippen LogP contribution is -2.44. The molecule has 1 aliphatic heterocycles. The Balaban J connectivity index is 2.94. The Morgan fingerprint density at radius 3 is 2.35 bits per heavy atom. The molecule has 0 N–H and O–H groups in total. The average molecular weight is 297 g/mol. The summed E-state index contributed by atoms with van der Waals surface area (Å²) in [6.45, 7) is 19.3. The molecule has 20 heavy (non-hydrogen) atoms. The molecule has 0 aliphatic carbocycles. The first-order valence-electron chi connectivity index (χ1n) is 7.86. The van der Waals surface area contributed by atoms with E-state index < -0.39 is 8.07 Å². The first-order valence-corrected chi connectivity index (χ1v) is 10.8. The largest absolute Gasteiger partial charge is 0.371 e. The first kappa shape index (κ1) is 17.7. The molecule has 3 heteroatoms. The van der Waals surface area contributed by atoms with Gasteiger partial charge in [0.15, 0.2) is 0 Å². The molecule has 0 amide bonds. The Morgan fingerprint density at radius 2 is 1.95 bits per heavy atom. The molecule has 1 rings (SSSR count). The summed E-state index contributed by atoms with van der Waals surface area (Å²) in [5.41, 5.74) is 1.03. The minimum absolute atomic E-state index is 0.186. The molecule has 0 aromatic rings. The monoisotopic (exact) mass is 296 g/mol. The van der Waals surface area contributed by atoms with Crippen LogP contribution in [0.15, 0.2) is 23.4 Å². The highest BCUT2D eigenvalue weighted by molar-refractivity contribution is 6.85. The van der Waals surface area contributed by atoms with Crippen LogP contribution in [-0.2, 0) is 9.47 Å². The number of allylic oxidation sites excluding steroid dienone is 2. The van der Waals surface area contributed by atoms with Crippen molar-refractivity contribution in [2.45, 2.75) is 71.4 Å². The van der Waals surface area contributed by atoms with E-state index in [4.69, 9.17) is 9.47 Å². The van der Waals surface area contributed by atoms with Gasteiger partial charge in [0.1, 0.15) is 6.10 Å². The highest BCUT2D eigenvalue weighted by Crippen LogP contribution is 2.35. The summed E-state index contributed by atoms with van der Waals surface area (Å²) in [5, 5.41) is 1.54. The van der Waals surface area contributed by atoms with Gasteiger partial charge in [-0.05, 0) is 27.2 Å². The van der Waals surface area contributed by atoms with E-state index in [0.29, 0.717) is 6.10 Å². The van der Waals surface area contributed by atoms with Crippen LogP contribution >= 0.6 is 0 Å². The topological polar surface area (TPSA) is 21.8 Å². The smallest absolute Gasteiger partial charge is 0.104 e. The van der Waals surface area contributed by atoms with Crippen molar-refractivity contribution < 1.29 is 9.47 Å². The maximum absolute atomic E-state index is 6.21. The minimum Gasteiger partial charge on any atom is -0.371 e. The van der Waals surface area contributed by atoms with Crippen molar-refractivity contribution in [3.05, 3.63) is 23.4 Å². The van der Waals surface area contributed by atoms with Gasteiger partial charge in [-0.15, -0.1) is 0 Å². The molecule has 0 aromatic carbocycles. The van der Waals surface area contributed by atoms with Gasteiger partial charge < -0.3 is 9.47 Å². The maximum atomic E-state index is 6.21. The summed E-state index contributed by atoms with van der Waals surface area (Å²) in [4.78, 5) is 0. The predicted molar refractivity (Wildman–Crippen MR) is 89.9 cm³/mol. The fraction of sp³-hybridized carbons (Fsp3) is 0.765. The van der Waals surface area contributed by atoms with Crippen molar-refractivity contribution in [3.8, 4) is 0 Å². The molecule has 1 saturated heterocycles. The van der Waals surface area contributed by atoms with E-state index in [0.717, 1.165) is 19.6 Å². The second-order valence-electron chi connectivity index (χ2n) is 6.82. The SMILES string of the molecule is C=C(C)C/C=C(/C(C)(C)OCC1CO1)[Si](C)(CC)CC. The highest BCUT2D eigenvalue weighted by Gasteiger charge is 2.39. The Kier molecular flexibility index (Phi) is 6.23. The summed E-state index contributed by atoms with van der Waals surface area (Å²) >= 11 is 0. The molecular weight excluding hydrogens is 264 g/mol. The third kappa shape index (κ3) is 4.87. The quantitative estimate of drug-likeness (QED) is 0.348. The molecule has 116 valence electrons. The number of rotatable bonds is 9. The maximum Gasteiger partial charge on any atom is 0.104 e. The van der Waals surface area contributed by atoms with Gasteiger partial charge in [0.2, 0.25) is 0 Å². The van der Waals surface area contributed by atoms with Gasteiger partial charge in [0.05, 0.1) is 26.9 Å². The Morgan fingerprint density at radius 1 is 1.40 bits per heavy atom. The van der Waals surface area contributed by atoms with Gasteiger partial charge in [0.25, 0.3) is 0 Å². The third-order valence-electron chi connectivity index (χ3n) is 4.55. The number of ether oxygens (including phenoxy) is 2. The molecule has 1 heterocycles. The number of hydrogen-bond donors (Lipinski definition) is 0. The molecule has 1 atom stereocenters. The lowest BCUT2D eigenvalue weighted by molar-refractivity contribution is 0.00636. The van der Waals surface area contributed by atoms with E-state index in [-0.39, 0.29) is 5.60 Å². The van der Waals surface area contributed by atoms with Gasteiger partial charge in [-0.3, -0.25) is 0 Å². The van der Waals surface area contributed by atoms with E-state index in [2.05, 4.69) is 53.8 Å². The third-order valence-corrected chi connectivity index (χ3v) is 9.77. The van der Waals surface area contributed by atoms with E-state index >= 15 is 0 Å². The van der Waals surface area contributed by atoms with E-state index in [1.54, 1.807) is 5.20 Å². The van der Waals surface area contributed by atoms with Crippen molar-refractivity contribution in [2.24, 2.45) is 0 Å². The second kappa shape index (κ2) is 7.06. The van der Waals surface area contributed by atoms with Crippen LogP contribution in [0, 0.1) is 0 Å². The molecule has 0 aromatic heterocycles. The van der Waals surface area contributed by atoms with Crippen LogP contribution in [0.2, 0.25) is 18.6 Å². The standard InChI is InChI=1S/C17H32O2Si/c1-8-20(7,9-2)16(11-10-14(3)4)17(5,6)19-13-15-12-18-15/h11,15H,3,8-10,12-13H2,1-2,4-7H3/b16-11-. The van der Waals surface area contributed by atoms with E-state index in [1.807, 2.05) is 0 Å². The summed E-state index contributed by atoms with van der Waals surface area (Å²) in [6, 6.07) is 2.52. The van der Waals surface area contributed by atoms with Gasteiger partial charge in [-0.2, -0.15) is 0 Å². The van der Waals surface area contributed by atoms with Gasteiger partial charge in [0, 0.05) is 0 Å². The normalized spacial score (nSPS) is 20.1. The van der Waals surface area contributed by atoms with Gasteiger partial charge in [-0.25, -0.2) is 0 Å². The fourth-order valence-corrected chi connectivity index (χ4v) is 6.05. The highest BCUT2D eigenvalue weighted by atomic mass is 28.3. The number of epoxide rings is 1. The zero-order chi connectivity index (χ0) is 15.4. The van der Waals surface area contributed by atoms with Crippen LogP contribution < -0.4 is 0 Å². The molecular formula is C17H32O2Si. The Bertz CT molecular complexity index is 363. The van der Waals surface area contributed by atoms with Crippen LogP contribution in [0.25, 0.3) is 0 Å². The van der Waals surface area contributed by atoms with Crippen LogP contribution in [0.1, 0.15) is 41.0 Å². The lowest BCUT2D eigenvalue weighted by atomic mass is 10.1. The van der Waals surface area contributed by atoms with Crippen molar-refractivity contribution in [1.29, 1.82) is 0 Å². The second-order valence-corrected chi connectivity index (χ2v) is 11.9. The zero-order valence-electron chi connectivity index (χ0n) is 14.2. The average Bonchev–Trinajstić information content (AvgIpc) is 3.19. The van der Waals surface area contributed by atoms with Crippen LogP contribution in [-0.4, -0.2) is 33.0 Å². The summed E-state index contributed by atoms with van der Waals surface area (Å²) in [6.07, 6.45) is 3.69. The molecule has 2 nitrogen and oxygen atoms in total. The summed E-state index contributed by atoms with van der Waals surface area (Å²) in [5.74, 6) is 0. The summed E-state index contributed by atoms with van der Waals surface area (Å²) in [7, 11) is -1.43. The van der Waals surface area contributed by atoms with Gasteiger partial charge in [-0.1, -0.05) is 55.9 Å². The number of hydrogen-bond acceptors (Lipinski definition) is 2. The van der Waals surface area contributed by atoms with E-state index in [1.165, 1.54) is 17.7 Å². The first-order chi connectivity index (χ1) is 9.25. The van der Waals surface area contributed by atoms with Crippen molar-refractivity contribution >= 4 is 8.07 Å². The Hall–Kier alpha value is -0.383. The molecule has 1 fully saturated rings. The molecule has 1 unspecified atom stereocenters. The van der Waals surface area contributed by atoms with Crippen LogP contribution in [0.4, 0.5) is 0 Å².